The smallest absolute Gasteiger partial charge is 0.262 e. The highest BCUT2D eigenvalue weighted by Gasteiger charge is 2.30. The molecule has 0 amide bonds. The molecule has 1 fully saturated rings. The first-order valence-corrected chi connectivity index (χ1v) is 9.24. The van der Waals surface area contributed by atoms with E-state index in [4.69, 9.17) is 0 Å². The Hall–Kier alpha value is -0.920. The van der Waals surface area contributed by atoms with E-state index in [-0.39, 0.29) is 5.03 Å². The standard InChI is InChI=1S/C14H26N4O2S/c1-3-7-15-10-13-5-8-18(9-6-13)21(19,20)14-11-17(4-2)12-16-14/h11-13,15H,3-10H2,1-2H3. The second-order valence-electron chi connectivity index (χ2n) is 5.59. The summed E-state index contributed by atoms with van der Waals surface area (Å²) in [4.78, 5) is 4.03. The minimum atomic E-state index is -3.42. The van der Waals surface area contributed by atoms with Gasteiger partial charge in [-0.2, -0.15) is 4.31 Å². The number of rotatable bonds is 7. The SMILES string of the molecule is CCCNCC1CCN(S(=O)(=O)c2cn(CC)cn2)CC1. The van der Waals surface area contributed by atoms with Crippen molar-refractivity contribution >= 4 is 10.0 Å². The molecule has 1 aromatic heterocycles. The van der Waals surface area contributed by atoms with Crippen LogP contribution in [0.15, 0.2) is 17.6 Å². The lowest BCUT2D eigenvalue weighted by Crippen LogP contribution is -2.40. The van der Waals surface area contributed by atoms with E-state index in [1.165, 1.54) is 0 Å². The summed E-state index contributed by atoms with van der Waals surface area (Å²) < 4.78 is 28.4. The zero-order valence-electron chi connectivity index (χ0n) is 13.0. The lowest BCUT2D eigenvalue weighted by molar-refractivity contribution is 0.267. The van der Waals surface area contributed by atoms with Crippen LogP contribution in [0.5, 0.6) is 0 Å². The van der Waals surface area contributed by atoms with Crippen molar-refractivity contribution in [3.8, 4) is 0 Å². The molecule has 0 atom stereocenters. The first kappa shape index (κ1) is 16.5. The minimum Gasteiger partial charge on any atom is -0.336 e. The van der Waals surface area contributed by atoms with Crippen LogP contribution in [0, 0.1) is 5.92 Å². The molecular formula is C14H26N4O2S. The highest BCUT2D eigenvalue weighted by atomic mass is 32.2. The molecule has 1 aromatic rings. The Morgan fingerprint density at radius 2 is 2.05 bits per heavy atom. The molecule has 0 unspecified atom stereocenters. The van der Waals surface area contributed by atoms with Crippen molar-refractivity contribution in [3.05, 3.63) is 12.5 Å². The Morgan fingerprint density at radius 1 is 1.33 bits per heavy atom. The first-order chi connectivity index (χ1) is 10.1. The number of imidazole rings is 1. The van der Waals surface area contributed by atoms with E-state index in [0.717, 1.165) is 38.9 Å². The van der Waals surface area contributed by atoms with E-state index < -0.39 is 10.0 Å². The molecule has 0 radical (unpaired) electrons. The monoisotopic (exact) mass is 314 g/mol. The lowest BCUT2D eigenvalue weighted by Gasteiger charge is -2.30. The number of aryl methyl sites for hydroxylation is 1. The molecule has 6 nitrogen and oxygen atoms in total. The first-order valence-electron chi connectivity index (χ1n) is 7.80. The average molecular weight is 314 g/mol. The van der Waals surface area contributed by atoms with Gasteiger partial charge in [0.1, 0.15) is 0 Å². The molecule has 120 valence electrons. The third-order valence-corrected chi connectivity index (χ3v) is 5.80. The van der Waals surface area contributed by atoms with Gasteiger partial charge in [-0.15, -0.1) is 0 Å². The van der Waals surface area contributed by atoms with Gasteiger partial charge in [0.15, 0.2) is 5.03 Å². The summed E-state index contributed by atoms with van der Waals surface area (Å²) in [6, 6.07) is 0. The van der Waals surface area contributed by atoms with Gasteiger partial charge < -0.3 is 9.88 Å². The van der Waals surface area contributed by atoms with Crippen LogP contribution >= 0.6 is 0 Å². The maximum Gasteiger partial charge on any atom is 0.262 e. The minimum absolute atomic E-state index is 0.173. The molecule has 2 heterocycles. The zero-order chi connectivity index (χ0) is 15.3. The van der Waals surface area contributed by atoms with Gasteiger partial charge in [-0.25, -0.2) is 13.4 Å². The molecular weight excluding hydrogens is 288 g/mol. The van der Waals surface area contributed by atoms with Crippen molar-refractivity contribution in [3.63, 3.8) is 0 Å². The van der Waals surface area contributed by atoms with Crippen LogP contribution in [0.3, 0.4) is 0 Å². The largest absolute Gasteiger partial charge is 0.336 e. The molecule has 7 heteroatoms. The van der Waals surface area contributed by atoms with Gasteiger partial charge in [-0.05, 0) is 45.2 Å². The number of nitrogens with zero attached hydrogens (tertiary/aromatic N) is 3. The number of aromatic nitrogens is 2. The second kappa shape index (κ2) is 7.38. The van der Waals surface area contributed by atoms with E-state index in [1.807, 2.05) is 6.92 Å². The topological polar surface area (TPSA) is 67.2 Å². The Bertz CT molecular complexity index is 533. The molecule has 0 saturated carbocycles. The Balaban J connectivity index is 1.91. The van der Waals surface area contributed by atoms with Crippen molar-refractivity contribution in [1.29, 1.82) is 0 Å². The molecule has 0 bridgehead atoms. The normalized spacial score (nSPS) is 18.2. The van der Waals surface area contributed by atoms with Gasteiger partial charge in [0, 0.05) is 25.8 Å². The van der Waals surface area contributed by atoms with E-state index in [2.05, 4.69) is 17.2 Å². The molecule has 1 N–H and O–H groups in total. The maximum absolute atomic E-state index is 12.5. The maximum atomic E-state index is 12.5. The van der Waals surface area contributed by atoms with Crippen LogP contribution in [-0.2, 0) is 16.6 Å². The van der Waals surface area contributed by atoms with Crippen molar-refractivity contribution in [1.82, 2.24) is 19.2 Å². The number of hydrogen-bond donors (Lipinski definition) is 1. The number of hydrogen-bond acceptors (Lipinski definition) is 4. The van der Waals surface area contributed by atoms with Gasteiger partial charge in [-0.1, -0.05) is 6.92 Å². The third kappa shape index (κ3) is 4.05. The van der Waals surface area contributed by atoms with Crippen LogP contribution in [-0.4, -0.2) is 48.5 Å². The van der Waals surface area contributed by atoms with Crippen LogP contribution in [0.2, 0.25) is 0 Å². The average Bonchev–Trinajstić information content (AvgIpc) is 2.98. The molecule has 0 spiro atoms. The molecule has 21 heavy (non-hydrogen) atoms. The van der Waals surface area contributed by atoms with E-state index in [9.17, 15) is 8.42 Å². The van der Waals surface area contributed by atoms with Crippen LogP contribution in [0.1, 0.15) is 33.1 Å². The molecule has 1 aliphatic rings. The molecule has 1 saturated heterocycles. The second-order valence-corrected chi connectivity index (χ2v) is 7.48. The number of nitrogens with one attached hydrogen (secondary N) is 1. The highest BCUT2D eigenvalue weighted by Crippen LogP contribution is 2.22. The summed E-state index contributed by atoms with van der Waals surface area (Å²) in [6.45, 7) is 8.07. The van der Waals surface area contributed by atoms with Crippen LogP contribution in [0.25, 0.3) is 0 Å². The third-order valence-electron chi connectivity index (χ3n) is 4.01. The van der Waals surface area contributed by atoms with E-state index in [0.29, 0.717) is 19.0 Å². The van der Waals surface area contributed by atoms with Gasteiger partial charge in [0.05, 0.1) is 6.33 Å². The Labute approximate surface area is 127 Å². The van der Waals surface area contributed by atoms with E-state index in [1.54, 1.807) is 21.4 Å². The summed E-state index contributed by atoms with van der Waals surface area (Å²) in [5.74, 6) is 0.580. The Kier molecular flexibility index (Phi) is 5.78. The summed E-state index contributed by atoms with van der Waals surface area (Å²) in [5.41, 5.74) is 0. The van der Waals surface area contributed by atoms with Gasteiger partial charge in [-0.3, -0.25) is 0 Å². The van der Waals surface area contributed by atoms with Crippen LogP contribution < -0.4 is 5.32 Å². The van der Waals surface area contributed by atoms with Gasteiger partial charge in [0.25, 0.3) is 10.0 Å². The van der Waals surface area contributed by atoms with Crippen molar-refractivity contribution in [2.45, 2.75) is 44.7 Å². The molecule has 2 rings (SSSR count). The molecule has 0 aromatic carbocycles. The fourth-order valence-corrected chi connectivity index (χ4v) is 4.02. The van der Waals surface area contributed by atoms with Gasteiger partial charge >= 0.3 is 0 Å². The van der Waals surface area contributed by atoms with Crippen molar-refractivity contribution < 1.29 is 8.42 Å². The number of sulfonamides is 1. The fraction of sp³-hybridized carbons (Fsp3) is 0.786. The number of piperidine rings is 1. The Morgan fingerprint density at radius 3 is 2.62 bits per heavy atom. The van der Waals surface area contributed by atoms with Gasteiger partial charge in [0.2, 0.25) is 0 Å². The van der Waals surface area contributed by atoms with Crippen LogP contribution in [0.4, 0.5) is 0 Å². The zero-order valence-corrected chi connectivity index (χ0v) is 13.8. The summed E-state index contributed by atoms with van der Waals surface area (Å²) in [5, 5.41) is 3.59. The van der Waals surface area contributed by atoms with Crippen molar-refractivity contribution in [2.75, 3.05) is 26.2 Å². The quantitative estimate of drug-likeness (QED) is 0.771. The molecule has 1 aliphatic heterocycles. The summed E-state index contributed by atoms with van der Waals surface area (Å²) in [6.07, 6.45) is 6.17. The highest BCUT2D eigenvalue weighted by molar-refractivity contribution is 7.89. The lowest BCUT2D eigenvalue weighted by atomic mass is 9.98. The molecule has 0 aliphatic carbocycles. The van der Waals surface area contributed by atoms with Crippen molar-refractivity contribution in [2.24, 2.45) is 5.92 Å². The summed E-state index contributed by atoms with van der Waals surface area (Å²) >= 11 is 0. The van der Waals surface area contributed by atoms with E-state index >= 15 is 0 Å². The predicted octanol–water partition coefficient (Wildman–Crippen LogP) is 1.30. The fourth-order valence-electron chi connectivity index (χ4n) is 2.61. The summed E-state index contributed by atoms with van der Waals surface area (Å²) in [7, 11) is -3.42. The predicted molar refractivity (Wildman–Crippen MR) is 82.5 cm³/mol.